The van der Waals surface area contributed by atoms with Crippen molar-refractivity contribution in [1.82, 2.24) is 10.6 Å². The van der Waals surface area contributed by atoms with Crippen LogP contribution in [0, 0.1) is 6.92 Å². The highest BCUT2D eigenvalue weighted by Gasteiger charge is 2.05. The van der Waals surface area contributed by atoms with Gasteiger partial charge in [-0.05, 0) is 36.6 Å². The van der Waals surface area contributed by atoms with E-state index in [0.717, 1.165) is 36.0 Å². The van der Waals surface area contributed by atoms with Gasteiger partial charge < -0.3 is 20.1 Å². The molecule has 0 fully saturated rings. The molecule has 0 unspecified atom stereocenters. The molecule has 2 aromatic carbocycles. The number of methoxy groups -OCH3 is 2. The summed E-state index contributed by atoms with van der Waals surface area (Å²) in [4.78, 5) is 4.27. The van der Waals surface area contributed by atoms with Crippen LogP contribution >= 0.6 is 0 Å². The molecule has 134 valence electrons. The average Bonchev–Trinajstić information content (AvgIpc) is 2.64. The third kappa shape index (κ3) is 5.71. The second-order valence-electron chi connectivity index (χ2n) is 5.78. The Morgan fingerprint density at radius 2 is 1.76 bits per heavy atom. The first-order valence-corrected chi connectivity index (χ1v) is 8.37. The average molecular weight is 341 g/mol. The van der Waals surface area contributed by atoms with E-state index >= 15 is 0 Å². The summed E-state index contributed by atoms with van der Waals surface area (Å²) in [6.45, 7) is 3.60. The van der Waals surface area contributed by atoms with Crippen molar-refractivity contribution in [2.45, 2.75) is 19.9 Å². The van der Waals surface area contributed by atoms with Gasteiger partial charge in [-0.15, -0.1) is 0 Å². The van der Waals surface area contributed by atoms with Crippen LogP contribution in [-0.2, 0) is 13.0 Å². The van der Waals surface area contributed by atoms with E-state index in [1.54, 1.807) is 21.3 Å². The molecule has 0 radical (unpaired) electrons. The molecule has 0 heterocycles. The smallest absolute Gasteiger partial charge is 0.191 e. The lowest BCUT2D eigenvalue weighted by Gasteiger charge is -2.13. The monoisotopic (exact) mass is 341 g/mol. The van der Waals surface area contributed by atoms with Crippen LogP contribution in [0.1, 0.15) is 16.7 Å². The van der Waals surface area contributed by atoms with Gasteiger partial charge >= 0.3 is 0 Å². The van der Waals surface area contributed by atoms with Crippen molar-refractivity contribution < 1.29 is 9.47 Å². The number of benzene rings is 2. The van der Waals surface area contributed by atoms with Gasteiger partial charge in [0.1, 0.15) is 0 Å². The molecule has 0 aliphatic carbocycles. The van der Waals surface area contributed by atoms with Gasteiger partial charge in [-0.1, -0.05) is 35.9 Å². The van der Waals surface area contributed by atoms with Gasteiger partial charge in [-0.25, -0.2) is 0 Å². The molecule has 0 aliphatic heterocycles. The van der Waals surface area contributed by atoms with E-state index in [1.165, 1.54) is 11.1 Å². The first-order valence-electron chi connectivity index (χ1n) is 8.37. The zero-order chi connectivity index (χ0) is 18.1. The summed E-state index contributed by atoms with van der Waals surface area (Å²) in [7, 11) is 5.05. The Hall–Kier alpha value is -2.69. The van der Waals surface area contributed by atoms with Gasteiger partial charge in [0.15, 0.2) is 17.5 Å². The number of nitrogens with zero attached hydrogens (tertiary/aromatic N) is 1. The second-order valence-corrected chi connectivity index (χ2v) is 5.78. The number of rotatable bonds is 7. The minimum atomic E-state index is 0.657. The Kier molecular flexibility index (Phi) is 7.14. The number of hydrogen-bond acceptors (Lipinski definition) is 3. The predicted molar refractivity (Wildman–Crippen MR) is 103 cm³/mol. The Morgan fingerprint density at radius 1 is 0.960 bits per heavy atom. The summed E-state index contributed by atoms with van der Waals surface area (Å²) in [6, 6.07) is 14.4. The van der Waals surface area contributed by atoms with E-state index < -0.39 is 0 Å². The molecule has 0 aromatic heterocycles. The number of guanidine groups is 1. The Bertz CT molecular complexity index is 714. The molecule has 5 nitrogen and oxygen atoms in total. The van der Waals surface area contributed by atoms with Crippen molar-refractivity contribution in [1.29, 1.82) is 0 Å². The van der Waals surface area contributed by atoms with Crippen LogP contribution in [0.15, 0.2) is 47.5 Å². The van der Waals surface area contributed by atoms with E-state index in [4.69, 9.17) is 9.47 Å². The van der Waals surface area contributed by atoms with Gasteiger partial charge in [-0.3, -0.25) is 4.99 Å². The molecule has 0 aliphatic rings. The Labute approximate surface area is 150 Å². The normalized spacial score (nSPS) is 11.1. The van der Waals surface area contributed by atoms with E-state index in [-0.39, 0.29) is 0 Å². The van der Waals surface area contributed by atoms with Crippen LogP contribution in [0.25, 0.3) is 0 Å². The molecule has 0 saturated heterocycles. The lowest BCUT2D eigenvalue weighted by molar-refractivity contribution is 0.354. The maximum absolute atomic E-state index is 5.33. The minimum Gasteiger partial charge on any atom is -0.493 e. The van der Waals surface area contributed by atoms with Crippen molar-refractivity contribution in [2.75, 3.05) is 27.8 Å². The first-order chi connectivity index (χ1) is 12.2. The zero-order valence-corrected chi connectivity index (χ0v) is 15.4. The number of nitrogens with one attached hydrogen (secondary N) is 2. The molecule has 2 rings (SSSR count). The molecule has 0 amide bonds. The number of hydrogen-bond donors (Lipinski definition) is 2. The highest BCUT2D eigenvalue weighted by Crippen LogP contribution is 2.27. The van der Waals surface area contributed by atoms with Crippen molar-refractivity contribution in [3.05, 3.63) is 59.2 Å². The van der Waals surface area contributed by atoms with Crippen LogP contribution in [-0.4, -0.2) is 33.8 Å². The summed E-state index contributed by atoms with van der Waals surface area (Å²) >= 11 is 0. The van der Waals surface area contributed by atoms with Gasteiger partial charge in [0.2, 0.25) is 0 Å². The minimum absolute atomic E-state index is 0.657. The highest BCUT2D eigenvalue weighted by molar-refractivity contribution is 5.79. The summed E-state index contributed by atoms with van der Waals surface area (Å²) in [5, 5.41) is 6.66. The SMILES string of the molecule is CN=C(NCCc1cccc(C)c1)NCc1ccc(OC)c(OC)c1. The molecule has 5 heteroatoms. The third-order valence-corrected chi connectivity index (χ3v) is 3.92. The van der Waals surface area contributed by atoms with Crippen LogP contribution in [0.3, 0.4) is 0 Å². The number of aliphatic imine (C=N–C) groups is 1. The van der Waals surface area contributed by atoms with Crippen LogP contribution < -0.4 is 20.1 Å². The van der Waals surface area contributed by atoms with Crippen molar-refractivity contribution in [3.8, 4) is 11.5 Å². The molecule has 0 atom stereocenters. The quantitative estimate of drug-likeness (QED) is 0.601. The molecule has 2 N–H and O–H groups in total. The fraction of sp³-hybridized carbons (Fsp3) is 0.350. The Morgan fingerprint density at radius 3 is 2.44 bits per heavy atom. The van der Waals surface area contributed by atoms with Gasteiger partial charge in [0.25, 0.3) is 0 Å². The summed E-state index contributed by atoms with van der Waals surface area (Å²) in [5.74, 6) is 2.23. The highest BCUT2D eigenvalue weighted by atomic mass is 16.5. The first kappa shape index (κ1) is 18.6. The number of ether oxygens (including phenoxy) is 2. The maximum Gasteiger partial charge on any atom is 0.191 e. The van der Waals surface area contributed by atoms with Gasteiger partial charge in [0.05, 0.1) is 14.2 Å². The van der Waals surface area contributed by atoms with Gasteiger partial charge in [-0.2, -0.15) is 0 Å². The molecule has 0 bridgehead atoms. The molecular formula is C20H27N3O2. The second kappa shape index (κ2) is 9.57. The summed E-state index contributed by atoms with van der Waals surface area (Å²) < 4.78 is 10.6. The predicted octanol–water partition coefficient (Wildman–Crippen LogP) is 2.92. The summed E-state index contributed by atoms with van der Waals surface area (Å²) in [5.41, 5.74) is 3.70. The van der Waals surface area contributed by atoms with Crippen molar-refractivity contribution >= 4 is 5.96 Å². The van der Waals surface area contributed by atoms with Crippen LogP contribution in [0.2, 0.25) is 0 Å². The molecule has 25 heavy (non-hydrogen) atoms. The van der Waals surface area contributed by atoms with Crippen molar-refractivity contribution in [2.24, 2.45) is 4.99 Å². The fourth-order valence-electron chi connectivity index (χ4n) is 2.59. The standard InChI is InChI=1S/C20H27N3O2/c1-15-6-5-7-16(12-15)10-11-22-20(21-2)23-14-17-8-9-18(24-3)19(13-17)25-4/h5-9,12-13H,10-11,14H2,1-4H3,(H2,21,22,23). The molecule has 0 saturated carbocycles. The van der Waals surface area contributed by atoms with E-state index in [9.17, 15) is 0 Å². The molecule has 2 aromatic rings. The Balaban J connectivity index is 1.84. The van der Waals surface area contributed by atoms with Gasteiger partial charge in [0, 0.05) is 20.1 Å². The van der Waals surface area contributed by atoms with Crippen LogP contribution in [0.5, 0.6) is 11.5 Å². The number of aryl methyl sites for hydroxylation is 1. The topological polar surface area (TPSA) is 54.9 Å². The lowest BCUT2D eigenvalue weighted by atomic mass is 10.1. The lowest BCUT2D eigenvalue weighted by Crippen LogP contribution is -2.37. The molecular weight excluding hydrogens is 314 g/mol. The van der Waals surface area contributed by atoms with Crippen LogP contribution in [0.4, 0.5) is 0 Å². The molecule has 0 spiro atoms. The van der Waals surface area contributed by atoms with E-state index in [1.807, 2.05) is 18.2 Å². The third-order valence-electron chi connectivity index (χ3n) is 3.92. The maximum atomic E-state index is 5.33. The largest absolute Gasteiger partial charge is 0.493 e. The fourth-order valence-corrected chi connectivity index (χ4v) is 2.59. The summed E-state index contributed by atoms with van der Waals surface area (Å²) in [6.07, 6.45) is 0.957. The van der Waals surface area contributed by atoms with Crippen molar-refractivity contribution in [3.63, 3.8) is 0 Å². The van der Waals surface area contributed by atoms with E-state index in [0.29, 0.717) is 6.54 Å². The zero-order valence-electron chi connectivity index (χ0n) is 15.4. The van der Waals surface area contributed by atoms with E-state index in [2.05, 4.69) is 46.8 Å².